The SMILES string of the molecule is Cc1ccc(CNCC(C)(O)c2ccco2)cc1C. The van der Waals surface area contributed by atoms with Crippen LogP contribution >= 0.6 is 0 Å². The molecular formula is C16H21NO2. The van der Waals surface area contributed by atoms with E-state index < -0.39 is 5.60 Å². The first kappa shape index (κ1) is 13.8. The minimum atomic E-state index is -0.983. The van der Waals surface area contributed by atoms with Crippen molar-refractivity contribution in [3.63, 3.8) is 0 Å². The molecule has 0 saturated heterocycles. The van der Waals surface area contributed by atoms with E-state index in [1.807, 2.05) is 0 Å². The smallest absolute Gasteiger partial charge is 0.136 e. The molecule has 1 aromatic carbocycles. The highest BCUT2D eigenvalue weighted by atomic mass is 16.4. The summed E-state index contributed by atoms with van der Waals surface area (Å²) in [7, 11) is 0. The van der Waals surface area contributed by atoms with Gasteiger partial charge < -0.3 is 14.8 Å². The Bertz CT molecular complexity index is 530. The maximum atomic E-state index is 10.3. The zero-order valence-electron chi connectivity index (χ0n) is 11.7. The number of benzene rings is 1. The first-order valence-electron chi connectivity index (χ1n) is 6.52. The Morgan fingerprint density at radius 2 is 2.00 bits per heavy atom. The lowest BCUT2D eigenvalue weighted by Crippen LogP contribution is -2.34. The van der Waals surface area contributed by atoms with E-state index in [-0.39, 0.29) is 0 Å². The maximum absolute atomic E-state index is 10.3. The molecule has 3 heteroatoms. The molecule has 0 bridgehead atoms. The van der Waals surface area contributed by atoms with E-state index in [0.29, 0.717) is 12.3 Å². The first-order valence-corrected chi connectivity index (χ1v) is 6.52. The summed E-state index contributed by atoms with van der Waals surface area (Å²) in [6.45, 7) is 7.15. The van der Waals surface area contributed by atoms with Crippen LogP contribution in [0.1, 0.15) is 29.4 Å². The van der Waals surface area contributed by atoms with E-state index in [1.165, 1.54) is 16.7 Å². The Morgan fingerprint density at radius 1 is 1.21 bits per heavy atom. The fourth-order valence-electron chi connectivity index (χ4n) is 2.04. The third kappa shape index (κ3) is 3.46. The van der Waals surface area contributed by atoms with Crippen molar-refractivity contribution in [3.05, 3.63) is 59.0 Å². The summed E-state index contributed by atoms with van der Waals surface area (Å²) in [5.41, 5.74) is 2.82. The van der Waals surface area contributed by atoms with Gasteiger partial charge in [-0.15, -0.1) is 0 Å². The molecule has 0 saturated carbocycles. The van der Waals surface area contributed by atoms with Gasteiger partial charge >= 0.3 is 0 Å². The van der Waals surface area contributed by atoms with Gasteiger partial charge in [-0.1, -0.05) is 18.2 Å². The topological polar surface area (TPSA) is 45.4 Å². The number of furan rings is 1. The summed E-state index contributed by atoms with van der Waals surface area (Å²) < 4.78 is 5.25. The van der Waals surface area contributed by atoms with Crippen molar-refractivity contribution in [2.45, 2.75) is 32.9 Å². The van der Waals surface area contributed by atoms with Gasteiger partial charge in [0.25, 0.3) is 0 Å². The van der Waals surface area contributed by atoms with Crippen LogP contribution in [0.15, 0.2) is 41.0 Å². The molecule has 19 heavy (non-hydrogen) atoms. The molecule has 1 unspecified atom stereocenters. The van der Waals surface area contributed by atoms with Crippen molar-refractivity contribution in [1.82, 2.24) is 5.32 Å². The minimum Gasteiger partial charge on any atom is -0.466 e. The van der Waals surface area contributed by atoms with Crippen LogP contribution in [0.4, 0.5) is 0 Å². The van der Waals surface area contributed by atoms with Gasteiger partial charge in [-0.2, -0.15) is 0 Å². The molecule has 102 valence electrons. The van der Waals surface area contributed by atoms with Crippen LogP contribution in [0, 0.1) is 13.8 Å². The normalized spacial score (nSPS) is 14.3. The van der Waals surface area contributed by atoms with E-state index in [2.05, 4.69) is 37.4 Å². The molecule has 1 atom stereocenters. The second-order valence-corrected chi connectivity index (χ2v) is 5.27. The van der Waals surface area contributed by atoms with Gasteiger partial charge in [0.1, 0.15) is 11.4 Å². The predicted molar refractivity (Wildman–Crippen MR) is 75.9 cm³/mol. The van der Waals surface area contributed by atoms with Crippen LogP contribution in [-0.4, -0.2) is 11.7 Å². The van der Waals surface area contributed by atoms with Crippen molar-refractivity contribution < 1.29 is 9.52 Å². The maximum Gasteiger partial charge on any atom is 0.136 e. The summed E-state index contributed by atoms with van der Waals surface area (Å²) in [6.07, 6.45) is 1.58. The Balaban J connectivity index is 1.91. The van der Waals surface area contributed by atoms with Crippen LogP contribution in [0.2, 0.25) is 0 Å². The standard InChI is InChI=1S/C16H21NO2/c1-12-6-7-14(9-13(12)2)10-17-11-16(3,18)15-5-4-8-19-15/h4-9,17-18H,10-11H2,1-3H3. The fraction of sp³-hybridized carbons (Fsp3) is 0.375. The summed E-state index contributed by atoms with van der Waals surface area (Å²) >= 11 is 0. The van der Waals surface area contributed by atoms with E-state index in [4.69, 9.17) is 4.42 Å². The van der Waals surface area contributed by atoms with Gasteiger partial charge in [0.05, 0.1) is 6.26 Å². The first-order chi connectivity index (χ1) is 8.99. The van der Waals surface area contributed by atoms with Crippen molar-refractivity contribution in [1.29, 1.82) is 0 Å². The van der Waals surface area contributed by atoms with Crippen molar-refractivity contribution in [3.8, 4) is 0 Å². The molecule has 0 amide bonds. The largest absolute Gasteiger partial charge is 0.466 e. The van der Waals surface area contributed by atoms with Crippen molar-refractivity contribution >= 4 is 0 Å². The monoisotopic (exact) mass is 259 g/mol. The molecule has 1 aromatic heterocycles. The van der Waals surface area contributed by atoms with Gasteiger partial charge in [-0.05, 0) is 49.6 Å². The lowest BCUT2D eigenvalue weighted by Gasteiger charge is -2.21. The second kappa shape index (κ2) is 5.59. The molecule has 2 rings (SSSR count). The Morgan fingerprint density at radius 3 is 2.63 bits per heavy atom. The molecule has 3 nitrogen and oxygen atoms in total. The quantitative estimate of drug-likeness (QED) is 0.868. The number of nitrogens with one attached hydrogen (secondary N) is 1. The van der Waals surface area contributed by atoms with Gasteiger partial charge in [0.2, 0.25) is 0 Å². The average molecular weight is 259 g/mol. The number of aryl methyl sites for hydroxylation is 2. The Kier molecular flexibility index (Phi) is 4.08. The zero-order valence-corrected chi connectivity index (χ0v) is 11.7. The molecule has 0 radical (unpaired) electrons. The highest BCUT2D eigenvalue weighted by Crippen LogP contribution is 2.20. The molecule has 2 aromatic rings. The third-order valence-electron chi connectivity index (χ3n) is 3.42. The van der Waals surface area contributed by atoms with Crippen molar-refractivity contribution in [2.24, 2.45) is 0 Å². The summed E-state index contributed by atoms with van der Waals surface area (Å²) in [5.74, 6) is 0.583. The predicted octanol–water partition coefficient (Wildman–Crippen LogP) is 2.89. The number of hydrogen-bond donors (Lipinski definition) is 2. The molecule has 2 N–H and O–H groups in total. The highest BCUT2D eigenvalue weighted by Gasteiger charge is 2.25. The second-order valence-electron chi connectivity index (χ2n) is 5.27. The molecule has 1 heterocycles. The van der Waals surface area contributed by atoms with Gasteiger partial charge in [-0.25, -0.2) is 0 Å². The fourth-order valence-corrected chi connectivity index (χ4v) is 2.04. The number of aliphatic hydroxyl groups is 1. The van der Waals surface area contributed by atoms with E-state index >= 15 is 0 Å². The Hall–Kier alpha value is -1.58. The summed E-state index contributed by atoms with van der Waals surface area (Å²) in [5, 5.41) is 13.6. The minimum absolute atomic E-state index is 0.452. The lowest BCUT2D eigenvalue weighted by molar-refractivity contribution is 0.0340. The number of rotatable bonds is 5. The zero-order chi connectivity index (χ0) is 13.9. The third-order valence-corrected chi connectivity index (χ3v) is 3.42. The molecule has 0 fully saturated rings. The highest BCUT2D eigenvalue weighted by molar-refractivity contribution is 5.29. The van der Waals surface area contributed by atoms with E-state index in [9.17, 15) is 5.11 Å². The van der Waals surface area contributed by atoms with Crippen LogP contribution in [0.25, 0.3) is 0 Å². The van der Waals surface area contributed by atoms with Crippen LogP contribution < -0.4 is 5.32 Å². The lowest BCUT2D eigenvalue weighted by atomic mass is 10.0. The van der Waals surface area contributed by atoms with Gasteiger partial charge in [-0.3, -0.25) is 0 Å². The van der Waals surface area contributed by atoms with E-state index in [1.54, 1.807) is 25.3 Å². The van der Waals surface area contributed by atoms with Crippen LogP contribution in [0.3, 0.4) is 0 Å². The molecular weight excluding hydrogens is 238 g/mol. The average Bonchev–Trinajstić information content (AvgIpc) is 2.88. The van der Waals surface area contributed by atoms with Crippen LogP contribution in [0.5, 0.6) is 0 Å². The molecule has 0 spiro atoms. The van der Waals surface area contributed by atoms with Gasteiger partial charge in [0.15, 0.2) is 0 Å². The van der Waals surface area contributed by atoms with Crippen LogP contribution in [-0.2, 0) is 12.1 Å². The molecule has 0 aliphatic rings. The summed E-state index contributed by atoms with van der Waals surface area (Å²) in [4.78, 5) is 0. The summed E-state index contributed by atoms with van der Waals surface area (Å²) in [6, 6.07) is 9.97. The molecule has 0 aliphatic carbocycles. The number of hydrogen-bond acceptors (Lipinski definition) is 3. The Labute approximate surface area is 114 Å². The van der Waals surface area contributed by atoms with E-state index in [0.717, 1.165) is 6.54 Å². The van der Waals surface area contributed by atoms with Crippen molar-refractivity contribution in [2.75, 3.05) is 6.54 Å². The van der Waals surface area contributed by atoms with Gasteiger partial charge in [0, 0.05) is 13.1 Å². The molecule has 0 aliphatic heterocycles.